The summed E-state index contributed by atoms with van der Waals surface area (Å²) in [6.45, 7) is 4.82. The number of carbonyl (C=O) groups excluding carboxylic acids is 1. The summed E-state index contributed by atoms with van der Waals surface area (Å²) in [5.74, 6) is -0.448. The van der Waals surface area contributed by atoms with Crippen LogP contribution in [-0.4, -0.2) is 20.1 Å². The van der Waals surface area contributed by atoms with Gasteiger partial charge in [0.1, 0.15) is 11.3 Å². The Morgan fingerprint density at radius 3 is 2.55 bits per heavy atom. The summed E-state index contributed by atoms with van der Waals surface area (Å²) in [5.41, 5.74) is 4.92. The number of halogens is 1. The van der Waals surface area contributed by atoms with Crippen LogP contribution >= 0.6 is 0 Å². The molecule has 1 amide bonds. The smallest absolute Gasteiger partial charge is 0.276 e. The zero-order chi connectivity index (χ0) is 22.0. The predicted octanol–water partition coefficient (Wildman–Crippen LogP) is 3.63. The van der Waals surface area contributed by atoms with Crippen LogP contribution in [0, 0.1) is 19.7 Å². The van der Waals surface area contributed by atoms with E-state index in [1.807, 2.05) is 19.1 Å². The summed E-state index contributed by atoms with van der Waals surface area (Å²) >= 11 is 0. The van der Waals surface area contributed by atoms with Crippen LogP contribution in [0.5, 0.6) is 0 Å². The molecule has 158 valence electrons. The van der Waals surface area contributed by atoms with E-state index < -0.39 is 0 Å². The maximum atomic E-state index is 13.1. The molecule has 0 aliphatic rings. The molecule has 2 aromatic carbocycles. The van der Waals surface area contributed by atoms with Gasteiger partial charge in [0, 0.05) is 37.5 Å². The molecule has 2 heterocycles. The van der Waals surface area contributed by atoms with Crippen molar-refractivity contribution >= 4 is 11.4 Å². The standard InChI is InChI=1S/C24H23FN4O2/c1-16-3-4-18(13-17(16)2)15-26-23(30)9-10-28-11-12-29-22(24(28)31)14-21(27-29)19-5-7-20(25)8-6-19/h3-8,11-14H,9-10,15H2,1-2H3,(H,26,30). The normalized spacial score (nSPS) is 11.1. The molecule has 0 spiro atoms. The maximum absolute atomic E-state index is 13.1. The number of nitrogens with zero attached hydrogens (tertiary/aromatic N) is 3. The lowest BCUT2D eigenvalue weighted by Gasteiger charge is -2.09. The minimum absolute atomic E-state index is 0.120. The van der Waals surface area contributed by atoms with E-state index >= 15 is 0 Å². The lowest BCUT2D eigenvalue weighted by molar-refractivity contribution is -0.121. The lowest BCUT2D eigenvalue weighted by Crippen LogP contribution is -2.27. The molecule has 31 heavy (non-hydrogen) atoms. The second-order valence-corrected chi connectivity index (χ2v) is 7.61. The zero-order valence-corrected chi connectivity index (χ0v) is 17.4. The average molecular weight is 418 g/mol. The summed E-state index contributed by atoms with van der Waals surface area (Å²) in [7, 11) is 0. The van der Waals surface area contributed by atoms with Crippen LogP contribution in [0.25, 0.3) is 16.8 Å². The number of hydrogen-bond donors (Lipinski definition) is 1. The fourth-order valence-electron chi connectivity index (χ4n) is 3.39. The molecule has 4 aromatic rings. The Morgan fingerprint density at radius 2 is 1.81 bits per heavy atom. The first-order chi connectivity index (χ1) is 14.9. The minimum atomic E-state index is -0.328. The third-order valence-corrected chi connectivity index (χ3v) is 5.38. The van der Waals surface area contributed by atoms with Crippen molar-refractivity contribution in [3.05, 3.63) is 93.8 Å². The fourth-order valence-corrected chi connectivity index (χ4v) is 3.39. The van der Waals surface area contributed by atoms with Crippen molar-refractivity contribution < 1.29 is 9.18 Å². The number of amides is 1. The highest BCUT2D eigenvalue weighted by atomic mass is 19.1. The summed E-state index contributed by atoms with van der Waals surface area (Å²) < 4.78 is 16.1. The van der Waals surface area contributed by atoms with E-state index in [2.05, 4.69) is 23.4 Å². The van der Waals surface area contributed by atoms with Crippen molar-refractivity contribution in [3.8, 4) is 11.3 Å². The number of rotatable bonds is 6. The SMILES string of the molecule is Cc1ccc(CNC(=O)CCn2ccn3nc(-c4ccc(F)cc4)cc3c2=O)cc1C. The van der Waals surface area contributed by atoms with Crippen LogP contribution in [0.15, 0.2) is 65.7 Å². The molecule has 0 radical (unpaired) electrons. The van der Waals surface area contributed by atoms with Gasteiger partial charge in [-0.2, -0.15) is 5.10 Å². The molecule has 0 aliphatic carbocycles. The third kappa shape index (κ3) is 4.55. The Labute approximate surface area is 179 Å². The van der Waals surface area contributed by atoms with Gasteiger partial charge in [0.2, 0.25) is 5.91 Å². The molecule has 2 aromatic heterocycles. The van der Waals surface area contributed by atoms with Crippen molar-refractivity contribution in [1.29, 1.82) is 0 Å². The highest BCUT2D eigenvalue weighted by molar-refractivity contribution is 5.75. The van der Waals surface area contributed by atoms with Crippen molar-refractivity contribution in [1.82, 2.24) is 19.5 Å². The zero-order valence-electron chi connectivity index (χ0n) is 17.4. The molecule has 4 rings (SSSR count). The van der Waals surface area contributed by atoms with Crippen LogP contribution in [-0.2, 0) is 17.9 Å². The van der Waals surface area contributed by atoms with Gasteiger partial charge in [-0.3, -0.25) is 9.59 Å². The van der Waals surface area contributed by atoms with Gasteiger partial charge in [-0.05, 0) is 60.9 Å². The van der Waals surface area contributed by atoms with Gasteiger partial charge in [0.05, 0.1) is 5.69 Å². The number of aryl methyl sites for hydroxylation is 3. The van der Waals surface area contributed by atoms with E-state index in [0.717, 1.165) is 11.1 Å². The Hall–Kier alpha value is -3.74. The molecular weight excluding hydrogens is 395 g/mol. The monoisotopic (exact) mass is 418 g/mol. The average Bonchev–Trinajstić information content (AvgIpc) is 3.20. The van der Waals surface area contributed by atoms with E-state index in [4.69, 9.17) is 0 Å². The van der Waals surface area contributed by atoms with Crippen molar-refractivity contribution in [2.75, 3.05) is 0 Å². The van der Waals surface area contributed by atoms with E-state index in [1.54, 1.807) is 30.6 Å². The number of carbonyl (C=O) groups is 1. The molecule has 0 bridgehead atoms. The Kier molecular flexibility index (Phi) is 5.66. The summed E-state index contributed by atoms with van der Waals surface area (Å²) in [4.78, 5) is 25.1. The largest absolute Gasteiger partial charge is 0.352 e. The Balaban J connectivity index is 1.42. The number of nitrogens with one attached hydrogen (secondary N) is 1. The van der Waals surface area contributed by atoms with Crippen molar-refractivity contribution in [2.24, 2.45) is 0 Å². The number of hydrogen-bond acceptors (Lipinski definition) is 3. The number of aromatic nitrogens is 3. The second kappa shape index (κ2) is 8.55. The van der Waals surface area contributed by atoms with Gasteiger partial charge in [-0.15, -0.1) is 0 Å². The Morgan fingerprint density at radius 1 is 1.03 bits per heavy atom. The van der Waals surface area contributed by atoms with Crippen molar-refractivity contribution in [3.63, 3.8) is 0 Å². The quantitative estimate of drug-likeness (QED) is 0.520. The maximum Gasteiger partial charge on any atom is 0.276 e. The minimum Gasteiger partial charge on any atom is -0.352 e. The van der Waals surface area contributed by atoms with Gasteiger partial charge in [0.25, 0.3) is 5.56 Å². The summed E-state index contributed by atoms with van der Waals surface area (Å²) in [6.07, 6.45) is 3.49. The highest BCUT2D eigenvalue weighted by Gasteiger charge is 2.10. The van der Waals surface area contributed by atoms with Crippen LogP contribution in [0.4, 0.5) is 4.39 Å². The van der Waals surface area contributed by atoms with Crippen LogP contribution in [0.1, 0.15) is 23.1 Å². The van der Waals surface area contributed by atoms with Gasteiger partial charge < -0.3 is 9.88 Å². The Bertz CT molecular complexity index is 1310. The third-order valence-electron chi connectivity index (χ3n) is 5.38. The predicted molar refractivity (Wildman–Crippen MR) is 117 cm³/mol. The molecule has 1 N–H and O–H groups in total. The molecule has 0 atom stereocenters. The van der Waals surface area contributed by atoms with E-state index in [-0.39, 0.29) is 30.2 Å². The second-order valence-electron chi connectivity index (χ2n) is 7.61. The molecule has 0 unspecified atom stereocenters. The fraction of sp³-hybridized carbons (Fsp3) is 0.208. The van der Waals surface area contributed by atoms with Gasteiger partial charge in [-0.25, -0.2) is 8.91 Å². The first-order valence-electron chi connectivity index (χ1n) is 10.1. The molecule has 0 saturated heterocycles. The van der Waals surface area contributed by atoms with Crippen molar-refractivity contribution in [2.45, 2.75) is 33.4 Å². The molecule has 7 heteroatoms. The van der Waals surface area contributed by atoms with Crippen LogP contribution in [0.3, 0.4) is 0 Å². The number of benzene rings is 2. The number of fused-ring (bicyclic) bond motifs is 1. The highest BCUT2D eigenvalue weighted by Crippen LogP contribution is 2.18. The van der Waals surface area contributed by atoms with E-state index in [1.165, 1.54) is 32.3 Å². The van der Waals surface area contributed by atoms with Crippen LogP contribution < -0.4 is 10.9 Å². The molecule has 0 fully saturated rings. The molecular formula is C24H23FN4O2. The first-order valence-corrected chi connectivity index (χ1v) is 10.1. The molecule has 0 saturated carbocycles. The van der Waals surface area contributed by atoms with Gasteiger partial charge >= 0.3 is 0 Å². The van der Waals surface area contributed by atoms with Crippen LogP contribution in [0.2, 0.25) is 0 Å². The summed E-state index contributed by atoms with van der Waals surface area (Å²) in [6, 6.07) is 13.7. The lowest BCUT2D eigenvalue weighted by atomic mass is 10.1. The molecule has 0 aliphatic heterocycles. The van der Waals surface area contributed by atoms with Gasteiger partial charge in [0.15, 0.2) is 0 Å². The van der Waals surface area contributed by atoms with E-state index in [9.17, 15) is 14.0 Å². The topological polar surface area (TPSA) is 68.4 Å². The summed E-state index contributed by atoms with van der Waals surface area (Å²) in [5, 5.41) is 7.29. The molecule has 6 nitrogen and oxygen atoms in total. The first kappa shape index (κ1) is 20.5. The van der Waals surface area contributed by atoms with E-state index in [0.29, 0.717) is 17.8 Å². The van der Waals surface area contributed by atoms with Gasteiger partial charge in [-0.1, -0.05) is 18.2 Å².